The molecule has 0 aromatic carbocycles. The molecule has 8 atom stereocenters. The molecule has 0 aliphatic heterocycles. The van der Waals surface area contributed by atoms with Crippen molar-refractivity contribution in [1.82, 2.24) is 0 Å². The van der Waals surface area contributed by atoms with Crippen molar-refractivity contribution in [3.63, 3.8) is 0 Å². The van der Waals surface area contributed by atoms with Gasteiger partial charge >= 0.3 is 0 Å². The molecule has 0 amide bonds. The Hall–Kier alpha value is -1.12. The van der Waals surface area contributed by atoms with Crippen LogP contribution in [0.1, 0.15) is 106 Å². The summed E-state index contributed by atoms with van der Waals surface area (Å²) in [5.41, 5.74) is 2.45. The molecular formula is C30H49NO2. The molecule has 0 aromatic rings. The standard InChI is InChI=1S/C30H49NO2/c1-8-21(19(2)3)10-9-20(4)24-11-12-25-23-18-28(32)27-17-22(31-33-7)13-15-30(27,6)26(23)14-16-29(24,25)5/h17,19-21,23-26H,8-16,18H2,1-7H3/b31-22+/t20-,21-,23+,24-,25+,26+,29-,30-/m1/s1. The molecule has 3 nitrogen and oxygen atoms in total. The summed E-state index contributed by atoms with van der Waals surface area (Å²) >= 11 is 0. The molecular weight excluding hydrogens is 406 g/mol. The van der Waals surface area contributed by atoms with Gasteiger partial charge in [0.25, 0.3) is 0 Å². The molecule has 0 aromatic heterocycles. The van der Waals surface area contributed by atoms with Gasteiger partial charge in [-0.2, -0.15) is 0 Å². The SMILES string of the molecule is CC[C@H](CC[C@@H](C)[C@H]1CC[C@H]2[C@@H]3CC(=O)C4=C/C(=N/OC)CC[C@]4(C)[C@H]3CC[C@]12C)C(C)C. The van der Waals surface area contributed by atoms with Crippen LogP contribution in [0.25, 0.3) is 0 Å². The summed E-state index contributed by atoms with van der Waals surface area (Å²) in [6.07, 6.45) is 14.3. The van der Waals surface area contributed by atoms with E-state index in [0.29, 0.717) is 23.0 Å². The molecule has 3 saturated carbocycles. The van der Waals surface area contributed by atoms with E-state index in [1.807, 2.05) is 0 Å². The molecule has 4 rings (SSSR count). The van der Waals surface area contributed by atoms with Crippen molar-refractivity contribution in [1.29, 1.82) is 0 Å². The first-order valence-electron chi connectivity index (χ1n) is 14.0. The number of ketones is 1. The Bertz CT molecular complexity index is 797. The van der Waals surface area contributed by atoms with Crippen molar-refractivity contribution in [2.45, 2.75) is 106 Å². The third-order valence-corrected chi connectivity index (χ3v) is 11.2. The Kier molecular flexibility index (Phi) is 7.19. The fourth-order valence-electron chi connectivity index (χ4n) is 9.25. The van der Waals surface area contributed by atoms with Gasteiger partial charge in [0.2, 0.25) is 0 Å². The van der Waals surface area contributed by atoms with Crippen molar-refractivity contribution in [2.75, 3.05) is 7.11 Å². The van der Waals surface area contributed by atoms with Gasteiger partial charge in [0.15, 0.2) is 5.78 Å². The second kappa shape index (κ2) is 9.50. The molecule has 186 valence electrons. The van der Waals surface area contributed by atoms with Crippen molar-refractivity contribution < 1.29 is 9.63 Å². The highest BCUT2D eigenvalue weighted by molar-refractivity contribution is 6.07. The lowest BCUT2D eigenvalue weighted by atomic mass is 9.46. The molecule has 0 spiro atoms. The minimum Gasteiger partial charge on any atom is -0.399 e. The second-order valence-corrected chi connectivity index (χ2v) is 12.9. The first-order valence-corrected chi connectivity index (χ1v) is 14.0. The van der Waals surface area contributed by atoms with Crippen LogP contribution in [0, 0.1) is 52.3 Å². The average Bonchev–Trinajstić information content (AvgIpc) is 3.12. The smallest absolute Gasteiger partial charge is 0.159 e. The highest BCUT2D eigenvalue weighted by atomic mass is 16.6. The van der Waals surface area contributed by atoms with Crippen LogP contribution in [0.5, 0.6) is 0 Å². The van der Waals surface area contributed by atoms with Crippen LogP contribution in [0.3, 0.4) is 0 Å². The van der Waals surface area contributed by atoms with E-state index in [-0.39, 0.29) is 5.41 Å². The van der Waals surface area contributed by atoms with Gasteiger partial charge in [-0.3, -0.25) is 4.79 Å². The second-order valence-electron chi connectivity index (χ2n) is 12.9. The van der Waals surface area contributed by atoms with Crippen LogP contribution in [0.2, 0.25) is 0 Å². The number of fused-ring (bicyclic) bond motifs is 5. The number of rotatable bonds is 7. The molecule has 4 aliphatic rings. The van der Waals surface area contributed by atoms with Crippen LogP contribution in [-0.4, -0.2) is 18.6 Å². The summed E-state index contributed by atoms with van der Waals surface area (Å²) in [4.78, 5) is 18.5. The molecule has 0 heterocycles. The largest absolute Gasteiger partial charge is 0.399 e. The average molecular weight is 456 g/mol. The highest BCUT2D eigenvalue weighted by Crippen LogP contribution is 2.67. The third-order valence-electron chi connectivity index (χ3n) is 11.2. The Morgan fingerprint density at radius 3 is 2.52 bits per heavy atom. The summed E-state index contributed by atoms with van der Waals surface area (Å²) in [5, 5.41) is 4.17. The first-order chi connectivity index (χ1) is 15.7. The van der Waals surface area contributed by atoms with E-state index in [2.05, 4.69) is 52.8 Å². The van der Waals surface area contributed by atoms with Crippen molar-refractivity contribution in [3.8, 4) is 0 Å². The summed E-state index contributed by atoms with van der Waals surface area (Å²) in [6.45, 7) is 14.7. The topological polar surface area (TPSA) is 38.7 Å². The van der Waals surface area contributed by atoms with E-state index in [1.54, 1.807) is 7.11 Å². The Morgan fingerprint density at radius 1 is 1.09 bits per heavy atom. The van der Waals surface area contributed by atoms with Gasteiger partial charge in [0, 0.05) is 12.0 Å². The number of allylic oxidation sites excluding steroid dienone is 2. The maximum absolute atomic E-state index is 13.5. The number of carbonyl (C=O) groups excluding carboxylic acids is 1. The number of oxime groups is 1. The van der Waals surface area contributed by atoms with Gasteiger partial charge in [-0.05, 0) is 103 Å². The Morgan fingerprint density at radius 2 is 1.85 bits per heavy atom. The molecule has 3 fully saturated rings. The lowest BCUT2D eigenvalue weighted by Gasteiger charge is -2.58. The number of nitrogens with zero attached hydrogens (tertiary/aromatic N) is 1. The number of hydrogen-bond acceptors (Lipinski definition) is 3. The maximum Gasteiger partial charge on any atom is 0.159 e. The van der Waals surface area contributed by atoms with Gasteiger partial charge in [-0.15, -0.1) is 0 Å². The van der Waals surface area contributed by atoms with Gasteiger partial charge in [-0.25, -0.2) is 0 Å². The molecule has 0 unspecified atom stereocenters. The van der Waals surface area contributed by atoms with E-state index in [4.69, 9.17) is 4.84 Å². The zero-order valence-corrected chi connectivity index (χ0v) is 22.5. The molecule has 0 radical (unpaired) electrons. The van der Waals surface area contributed by atoms with Crippen LogP contribution in [-0.2, 0) is 9.63 Å². The van der Waals surface area contributed by atoms with Gasteiger partial charge in [0.05, 0.1) is 5.71 Å². The van der Waals surface area contributed by atoms with Crippen LogP contribution < -0.4 is 0 Å². The number of Topliss-reactive ketones (excluding diaryl/α,β-unsaturated/α-hetero) is 1. The molecule has 0 bridgehead atoms. The molecule has 33 heavy (non-hydrogen) atoms. The summed E-state index contributed by atoms with van der Waals surface area (Å²) in [5.74, 6) is 5.66. The van der Waals surface area contributed by atoms with Crippen LogP contribution in [0.4, 0.5) is 0 Å². The number of carbonyl (C=O) groups is 1. The molecule has 3 heteroatoms. The van der Waals surface area contributed by atoms with E-state index in [9.17, 15) is 4.79 Å². The third kappa shape index (κ3) is 4.25. The quantitative estimate of drug-likeness (QED) is 0.367. The first kappa shape index (κ1) is 25.0. The van der Waals surface area contributed by atoms with Gasteiger partial charge in [-0.1, -0.05) is 59.5 Å². The Labute approximate surface area is 203 Å². The molecule has 0 saturated heterocycles. The van der Waals surface area contributed by atoms with E-state index in [1.165, 1.54) is 44.9 Å². The number of hydrogen-bond donors (Lipinski definition) is 0. The van der Waals surface area contributed by atoms with Crippen molar-refractivity contribution >= 4 is 11.5 Å². The van der Waals surface area contributed by atoms with Crippen molar-refractivity contribution in [2.24, 2.45) is 57.4 Å². The fraction of sp³-hybridized carbons (Fsp3) is 0.867. The molecule has 0 N–H and O–H groups in total. The summed E-state index contributed by atoms with van der Waals surface area (Å²) < 4.78 is 0. The Balaban J connectivity index is 1.52. The normalized spacial score (nSPS) is 41.3. The van der Waals surface area contributed by atoms with E-state index in [0.717, 1.165) is 60.1 Å². The molecule has 4 aliphatic carbocycles. The van der Waals surface area contributed by atoms with Crippen LogP contribution >= 0.6 is 0 Å². The van der Waals surface area contributed by atoms with Crippen LogP contribution in [0.15, 0.2) is 16.8 Å². The summed E-state index contributed by atoms with van der Waals surface area (Å²) in [6, 6.07) is 0. The fourth-order valence-corrected chi connectivity index (χ4v) is 9.25. The predicted octanol–water partition coefficient (Wildman–Crippen LogP) is 7.85. The van der Waals surface area contributed by atoms with E-state index >= 15 is 0 Å². The summed E-state index contributed by atoms with van der Waals surface area (Å²) in [7, 11) is 1.60. The lowest BCUT2D eigenvalue weighted by Crippen LogP contribution is -2.53. The minimum atomic E-state index is 0.0312. The van der Waals surface area contributed by atoms with Gasteiger partial charge < -0.3 is 4.84 Å². The predicted molar refractivity (Wildman–Crippen MR) is 137 cm³/mol. The highest BCUT2D eigenvalue weighted by Gasteiger charge is 2.60. The monoisotopic (exact) mass is 455 g/mol. The lowest BCUT2D eigenvalue weighted by molar-refractivity contribution is -0.128. The zero-order valence-electron chi connectivity index (χ0n) is 22.5. The van der Waals surface area contributed by atoms with Gasteiger partial charge in [0.1, 0.15) is 7.11 Å². The maximum atomic E-state index is 13.5. The minimum absolute atomic E-state index is 0.0312. The van der Waals surface area contributed by atoms with E-state index < -0.39 is 0 Å². The zero-order chi connectivity index (χ0) is 24.0. The van der Waals surface area contributed by atoms with Crippen molar-refractivity contribution in [3.05, 3.63) is 11.6 Å².